The monoisotopic (exact) mass is 621 g/mol. The Bertz CT molecular complexity index is 1420. The molecule has 4 aliphatic carbocycles. The Hall–Kier alpha value is -3.82. The van der Waals surface area contributed by atoms with Crippen LogP contribution in [0.3, 0.4) is 0 Å². The van der Waals surface area contributed by atoms with Crippen molar-refractivity contribution in [2.75, 3.05) is 6.61 Å². The van der Waals surface area contributed by atoms with Gasteiger partial charge in [-0.2, -0.15) is 0 Å². The molecule has 1 amide bonds. The molecule has 10 heteroatoms. The summed E-state index contributed by atoms with van der Waals surface area (Å²) in [6, 6.07) is 6.96. The molecule has 4 unspecified atom stereocenters. The van der Waals surface area contributed by atoms with E-state index in [2.05, 4.69) is 12.2 Å². The summed E-state index contributed by atoms with van der Waals surface area (Å²) in [5, 5.41) is 12.0. The average molecular weight is 622 g/mol. The van der Waals surface area contributed by atoms with Crippen LogP contribution in [0.25, 0.3) is 0 Å². The molecule has 5 rings (SSSR count). The van der Waals surface area contributed by atoms with Crippen LogP contribution in [0.2, 0.25) is 0 Å². The predicted molar refractivity (Wildman–Crippen MR) is 161 cm³/mol. The number of amides is 1. The summed E-state index contributed by atoms with van der Waals surface area (Å²) in [7, 11) is 0. The van der Waals surface area contributed by atoms with Crippen molar-refractivity contribution in [2.24, 2.45) is 28.6 Å². The molecule has 0 aliphatic heterocycles. The predicted octanol–water partition coefficient (Wildman–Crippen LogP) is 4.65. The van der Waals surface area contributed by atoms with E-state index in [1.54, 1.807) is 30.3 Å². The van der Waals surface area contributed by atoms with Gasteiger partial charge in [0.15, 0.2) is 24.0 Å². The first-order valence-corrected chi connectivity index (χ1v) is 16.0. The normalized spacial score (nSPS) is 32.6. The largest absolute Gasteiger partial charge is 0.479 e. The number of carboxylic acids is 1. The van der Waals surface area contributed by atoms with Crippen molar-refractivity contribution in [1.82, 2.24) is 5.32 Å². The van der Waals surface area contributed by atoms with E-state index >= 15 is 0 Å². The molecule has 7 atom stereocenters. The second-order valence-corrected chi connectivity index (χ2v) is 13.7. The summed E-state index contributed by atoms with van der Waals surface area (Å²) in [4.78, 5) is 75.3. The first-order chi connectivity index (χ1) is 21.3. The molecule has 0 heterocycles. The summed E-state index contributed by atoms with van der Waals surface area (Å²) in [6.45, 7) is 5.03. The zero-order valence-corrected chi connectivity index (χ0v) is 26.3. The third-order valence-corrected chi connectivity index (χ3v) is 11.5. The molecule has 1 aromatic carbocycles. The van der Waals surface area contributed by atoms with Crippen molar-refractivity contribution >= 4 is 35.4 Å². The molecule has 0 bridgehead atoms. The van der Waals surface area contributed by atoms with Crippen LogP contribution in [0.5, 0.6) is 0 Å². The minimum atomic E-state index is -1.42. The number of carbonyl (C=O) groups is 6. The number of nitrogens with one attached hydrogen (secondary N) is 1. The van der Waals surface area contributed by atoms with Crippen molar-refractivity contribution in [3.05, 3.63) is 47.5 Å². The number of hydrogen-bond donors (Lipinski definition) is 2. The molecule has 0 aromatic heterocycles. The lowest BCUT2D eigenvalue weighted by atomic mass is 9.46. The number of esters is 2. The molecule has 4 aliphatic rings. The van der Waals surface area contributed by atoms with E-state index in [0.717, 1.165) is 25.7 Å². The maximum atomic E-state index is 13.9. The minimum absolute atomic E-state index is 0.0394. The maximum Gasteiger partial charge on any atom is 0.330 e. The molecule has 45 heavy (non-hydrogen) atoms. The molecule has 2 N–H and O–H groups in total. The standard InChI is InChI=1S/C35H43NO9/c1-21(37)45-35(28(39)20-44-30(41)12-11-29(40)36-31(32(42)43)22-7-5-4-6-8-22)18-15-27-25-10-9-23-19-24(38)13-16-33(23,2)26(25)14-17-34(27,35)3/h4-8,19,25-27,31H,9-18,20H2,1-3H3,(H,36,40)(H,42,43)/t25?,26?,27?,31?,33-,34-,35-/m0/s1. The van der Waals surface area contributed by atoms with Crippen LogP contribution >= 0.6 is 0 Å². The number of Topliss-reactive ketones (excluding diaryl/α,β-unsaturated/α-hetero) is 1. The second kappa shape index (κ2) is 12.5. The van der Waals surface area contributed by atoms with Crippen LogP contribution in [0.15, 0.2) is 42.0 Å². The van der Waals surface area contributed by atoms with E-state index in [1.165, 1.54) is 12.5 Å². The highest BCUT2D eigenvalue weighted by Crippen LogP contribution is 2.68. The van der Waals surface area contributed by atoms with E-state index in [-0.39, 0.29) is 30.0 Å². The Labute approximate surface area is 263 Å². The van der Waals surface area contributed by atoms with Gasteiger partial charge in [-0.05, 0) is 79.8 Å². The van der Waals surface area contributed by atoms with Crippen molar-refractivity contribution in [3.8, 4) is 0 Å². The van der Waals surface area contributed by atoms with Crippen molar-refractivity contribution in [2.45, 2.75) is 96.6 Å². The number of carboxylic acid groups (broad SMARTS) is 1. The van der Waals surface area contributed by atoms with Crippen LogP contribution in [0, 0.1) is 28.6 Å². The second-order valence-electron chi connectivity index (χ2n) is 13.7. The molecule has 0 radical (unpaired) electrons. The lowest BCUT2D eigenvalue weighted by Crippen LogP contribution is -2.59. The fraction of sp³-hybridized carbons (Fsp3) is 0.600. The Kier molecular flexibility index (Phi) is 9.06. The van der Waals surface area contributed by atoms with Gasteiger partial charge >= 0.3 is 17.9 Å². The fourth-order valence-electron chi connectivity index (χ4n) is 9.20. The lowest BCUT2D eigenvalue weighted by molar-refractivity contribution is -0.191. The number of fused-ring (bicyclic) bond motifs is 5. The molecular formula is C35H43NO9. The number of allylic oxidation sites excluding steroid dienone is 1. The summed E-state index contributed by atoms with van der Waals surface area (Å²) in [5.74, 6) is -2.62. The molecule has 242 valence electrons. The Morgan fingerprint density at radius 3 is 2.36 bits per heavy atom. The molecule has 3 fully saturated rings. The lowest BCUT2D eigenvalue weighted by Gasteiger charge is -2.59. The number of ether oxygens (including phenoxy) is 2. The molecule has 1 aromatic rings. The van der Waals surface area contributed by atoms with Crippen molar-refractivity contribution in [3.63, 3.8) is 0 Å². The minimum Gasteiger partial charge on any atom is -0.479 e. The zero-order valence-electron chi connectivity index (χ0n) is 26.3. The Morgan fingerprint density at radius 2 is 1.67 bits per heavy atom. The molecule has 3 saturated carbocycles. The van der Waals surface area contributed by atoms with Gasteiger partial charge in [0, 0.05) is 25.2 Å². The number of benzene rings is 1. The van der Waals surface area contributed by atoms with Crippen molar-refractivity contribution in [1.29, 1.82) is 0 Å². The highest BCUT2D eigenvalue weighted by atomic mass is 16.6. The number of ketones is 2. The average Bonchev–Trinajstić information content (AvgIpc) is 3.30. The summed E-state index contributed by atoms with van der Waals surface area (Å²) < 4.78 is 11.3. The van der Waals surface area contributed by atoms with Crippen LogP contribution < -0.4 is 5.32 Å². The van der Waals surface area contributed by atoms with Crippen LogP contribution in [-0.2, 0) is 38.2 Å². The first-order valence-electron chi connectivity index (χ1n) is 16.0. The SMILES string of the molecule is CC(=O)O[C@]1(C(=O)COC(=O)CCC(=O)NC(C(=O)O)c2ccccc2)CCC2C3CCC4=CC(=O)CC[C@]4(C)C3CC[C@@]21C. The van der Waals surface area contributed by atoms with Gasteiger partial charge in [-0.15, -0.1) is 0 Å². The van der Waals surface area contributed by atoms with Crippen molar-refractivity contribution < 1.29 is 43.3 Å². The highest BCUT2D eigenvalue weighted by molar-refractivity contribution is 5.94. The number of hydrogen-bond acceptors (Lipinski definition) is 8. The van der Waals surface area contributed by atoms with E-state index in [4.69, 9.17) is 9.47 Å². The highest BCUT2D eigenvalue weighted by Gasteiger charge is 2.68. The third kappa shape index (κ3) is 5.95. The third-order valence-electron chi connectivity index (χ3n) is 11.5. The summed E-state index contributed by atoms with van der Waals surface area (Å²) in [5.41, 5.74) is -0.441. The topological polar surface area (TPSA) is 153 Å². The zero-order chi connectivity index (χ0) is 32.6. The molecule has 0 saturated heterocycles. The molecule has 0 spiro atoms. The van der Waals surface area contributed by atoms with Gasteiger partial charge in [-0.1, -0.05) is 49.8 Å². The van der Waals surface area contributed by atoms with E-state index < -0.39 is 53.3 Å². The van der Waals surface area contributed by atoms with E-state index in [0.29, 0.717) is 43.1 Å². The number of rotatable bonds is 10. The summed E-state index contributed by atoms with van der Waals surface area (Å²) in [6.07, 6.45) is 6.97. The smallest absolute Gasteiger partial charge is 0.330 e. The fourth-order valence-corrected chi connectivity index (χ4v) is 9.20. The maximum absolute atomic E-state index is 13.9. The summed E-state index contributed by atoms with van der Waals surface area (Å²) >= 11 is 0. The quantitative estimate of drug-likeness (QED) is 0.355. The van der Waals surface area contributed by atoms with Gasteiger partial charge in [-0.25, -0.2) is 4.79 Å². The van der Waals surface area contributed by atoms with Gasteiger partial charge in [0.1, 0.15) is 0 Å². The first kappa shape index (κ1) is 32.6. The Morgan fingerprint density at radius 1 is 0.956 bits per heavy atom. The van der Waals surface area contributed by atoms with E-state index in [9.17, 15) is 33.9 Å². The molecular weight excluding hydrogens is 578 g/mol. The van der Waals surface area contributed by atoms with Crippen LogP contribution in [0.4, 0.5) is 0 Å². The van der Waals surface area contributed by atoms with Gasteiger partial charge in [0.2, 0.25) is 11.7 Å². The number of aliphatic carboxylic acids is 1. The van der Waals surface area contributed by atoms with Gasteiger partial charge in [0.25, 0.3) is 0 Å². The van der Waals surface area contributed by atoms with Gasteiger partial charge < -0.3 is 19.9 Å². The number of carbonyl (C=O) groups excluding carboxylic acids is 5. The Balaban J connectivity index is 1.23. The van der Waals surface area contributed by atoms with Crippen LogP contribution in [0.1, 0.15) is 96.6 Å². The molecule has 10 nitrogen and oxygen atoms in total. The van der Waals surface area contributed by atoms with Gasteiger partial charge in [-0.3, -0.25) is 24.0 Å². The van der Waals surface area contributed by atoms with E-state index in [1.807, 2.05) is 13.0 Å². The van der Waals surface area contributed by atoms with Gasteiger partial charge in [0.05, 0.1) is 6.42 Å². The van der Waals surface area contributed by atoms with Crippen LogP contribution in [-0.4, -0.2) is 52.7 Å².